The van der Waals surface area contributed by atoms with E-state index in [9.17, 15) is 9.18 Å². The summed E-state index contributed by atoms with van der Waals surface area (Å²) in [5.74, 6) is -0.602. The first kappa shape index (κ1) is 14.5. The molecule has 0 spiro atoms. The summed E-state index contributed by atoms with van der Waals surface area (Å²) >= 11 is 0. The second kappa shape index (κ2) is 6.56. The lowest BCUT2D eigenvalue weighted by atomic mass is 10.1. The van der Waals surface area contributed by atoms with Crippen LogP contribution < -0.4 is 10.2 Å². The van der Waals surface area contributed by atoms with Gasteiger partial charge in [0, 0.05) is 13.1 Å². The highest BCUT2D eigenvalue weighted by Crippen LogP contribution is 2.20. The third kappa shape index (κ3) is 3.24. The normalized spacial score (nSPS) is 14.7. The van der Waals surface area contributed by atoms with E-state index < -0.39 is 11.7 Å². The number of anilines is 2. The standard InChI is InChI=1S/C17H18FN3O/c18-15-7-3-2-6-14(15)17(22)20-16-9-8-13(12-19-16)21-10-4-1-5-11-21/h2-3,6-9,12H,1,4-5,10-11H2,(H,19,20,22). The molecule has 2 heterocycles. The molecule has 1 saturated heterocycles. The Morgan fingerprint density at radius 3 is 2.55 bits per heavy atom. The molecule has 0 aliphatic carbocycles. The molecule has 3 rings (SSSR count). The smallest absolute Gasteiger partial charge is 0.259 e. The number of benzene rings is 1. The highest BCUT2D eigenvalue weighted by atomic mass is 19.1. The molecule has 1 aliphatic heterocycles. The highest BCUT2D eigenvalue weighted by Gasteiger charge is 2.13. The number of hydrogen-bond donors (Lipinski definition) is 1. The molecule has 1 aromatic carbocycles. The summed E-state index contributed by atoms with van der Waals surface area (Å²) in [7, 11) is 0. The molecule has 4 nitrogen and oxygen atoms in total. The Morgan fingerprint density at radius 2 is 1.86 bits per heavy atom. The maximum atomic E-state index is 13.6. The lowest BCUT2D eigenvalue weighted by Gasteiger charge is -2.28. The topological polar surface area (TPSA) is 45.2 Å². The number of pyridine rings is 1. The molecular weight excluding hydrogens is 281 g/mol. The van der Waals surface area contributed by atoms with E-state index in [4.69, 9.17) is 0 Å². The van der Waals surface area contributed by atoms with Crippen LogP contribution in [0.15, 0.2) is 42.6 Å². The van der Waals surface area contributed by atoms with Crippen LogP contribution in [0.5, 0.6) is 0 Å². The number of piperidine rings is 1. The number of nitrogens with zero attached hydrogens (tertiary/aromatic N) is 2. The van der Waals surface area contributed by atoms with Crippen molar-refractivity contribution >= 4 is 17.4 Å². The van der Waals surface area contributed by atoms with Gasteiger partial charge < -0.3 is 10.2 Å². The molecular formula is C17H18FN3O. The average Bonchev–Trinajstić information content (AvgIpc) is 2.57. The summed E-state index contributed by atoms with van der Waals surface area (Å²) in [6.07, 6.45) is 5.43. The van der Waals surface area contributed by atoms with E-state index in [-0.39, 0.29) is 5.56 Å². The lowest BCUT2D eigenvalue weighted by Crippen LogP contribution is -2.29. The third-order valence-corrected chi connectivity index (χ3v) is 3.83. The number of carbonyl (C=O) groups is 1. The fraction of sp³-hybridized carbons (Fsp3) is 0.294. The van der Waals surface area contributed by atoms with E-state index in [0.29, 0.717) is 5.82 Å². The van der Waals surface area contributed by atoms with Gasteiger partial charge in [0.25, 0.3) is 5.91 Å². The second-order valence-electron chi connectivity index (χ2n) is 5.38. The van der Waals surface area contributed by atoms with Crippen molar-refractivity contribution in [1.82, 2.24) is 4.98 Å². The van der Waals surface area contributed by atoms with Gasteiger partial charge in [-0.2, -0.15) is 0 Å². The number of nitrogens with one attached hydrogen (secondary N) is 1. The number of hydrogen-bond acceptors (Lipinski definition) is 3. The zero-order chi connectivity index (χ0) is 15.4. The molecule has 1 fully saturated rings. The van der Waals surface area contributed by atoms with Gasteiger partial charge in [-0.1, -0.05) is 12.1 Å². The highest BCUT2D eigenvalue weighted by molar-refractivity contribution is 6.03. The molecule has 22 heavy (non-hydrogen) atoms. The van der Waals surface area contributed by atoms with Gasteiger partial charge in [-0.3, -0.25) is 4.79 Å². The predicted molar refractivity (Wildman–Crippen MR) is 84.7 cm³/mol. The third-order valence-electron chi connectivity index (χ3n) is 3.83. The maximum absolute atomic E-state index is 13.6. The van der Waals surface area contributed by atoms with Crippen molar-refractivity contribution in [3.05, 3.63) is 54.0 Å². The second-order valence-corrected chi connectivity index (χ2v) is 5.38. The number of amides is 1. The van der Waals surface area contributed by atoms with Crippen LogP contribution >= 0.6 is 0 Å². The summed E-state index contributed by atoms with van der Waals surface area (Å²) in [4.78, 5) is 18.6. The summed E-state index contributed by atoms with van der Waals surface area (Å²) in [6, 6.07) is 9.59. The van der Waals surface area contributed by atoms with E-state index in [1.807, 2.05) is 6.07 Å². The minimum Gasteiger partial charge on any atom is -0.370 e. The summed E-state index contributed by atoms with van der Waals surface area (Å²) in [6.45, 7) is 2.09. The Kier molecular flexibility index (Phi) is 4.32. The van der Waals surface area contributed by atoms with Crippen molar-refractivity contribution in [1.29, 1.82) is 0 Å². The monoisotopic (exact) mass is 299 g/mol. The molecule has 5 heteroatoms. The fourth-order valence-electron chi connectivity index (χ4n) is 2.63. The number of halogens is 1. The lowest BCUT2D eigenvalue weighted by molar-refractivity contribution is 0.102. The number of rotatable bonds is 3. The summed E-state index contributed by atoms with van der Waals surface area (Å²) in [5.41, 5.74) is 1.08. The van der Waals surface area contributed by atoms with Crippen LogP contribution in [-0.2, 0) is 0 Å². The van der Waals surface area contributed by atoms with Crippen LogP contribution in [0.25, 0.3) is 0 Å². The van der Waals surface area contributed by atoms with Crippen molar-refractivity contribution < 1.29 is 9.18 Å². The van der Waals surface area contributed by atoms with Gasteiger partial charge in [0.15, 0.2) is 0 Å². The van der Waals surface area contributed by atoms with Crippen LogP contribution in [0, 0.1) is 5.82 Å². The van der Waals surface area contributed by atoms with Gasteiger partial charge in [-0.05, 0) is 43.5 Å². The van der Waals surface area contributed by atoms with Crippen LogP contribution in [0.1, 0.15) is 29.6 Å². The molecule has 0 bridgehead atoms. The minimum atomic E-state index is -0.537. The van der Waals surface area contributed by atoms with Crippen molar-refractivity contribution in [2.24, 2.45) is 0 Å². The quantitative estimate of drug-likeness (QED) is 0.944. The van der Waals surface area contributed by atoms with Gasteiger partial charge in [-0.25, -0.2) is 9.37 Å². The zero-order valence-electron chi connectivity index (χ0n) is 12.3. The molecule has 0 atom stereocenters. The van der Waals surface area contributed by atoms with Crippen molar-refractivity contribution in [3.63, 3.8) is 0 Å². The van der Waals surface area contributed by atoms with E-state index >= 15 is 0 Å². The molecule has 2 aromatic rings. The van der Waals surface area contributed by atoms with Gasteiger partial charge in [0.2, 0.25) is 0 Å². The molecule has 1 aliphatic rings. The Bertz CT molecular complexity index is 651. The minimum absolute atomic E-state index is 0.0180. The van der Waals surface area contributed by atoms with E-state index in [1.165, 1.54) is 31.4 Å². The first-order valence-electron chi connectivity index (χ1n) is 7.51. The van der Waals surface area contributed by atoms with E-state index in [2.05, 4.69) is 15.2 Å². The van der Waals surface area contributed by atoms with Gasteiger partial charge in [0.1, 0.15) is 11.6 Å². The molecule has 1 aromatic heterocycles. The van der Waals surface area contributed by atoms with Crippen LogP contribution in [-0.4, -0.2) is 24.0 Å². The Labute approximate surface area is 129 Å². The van der Waals surface area contributed by atoms with Crippen LogP contribution in [0.4, 0.5) is 15.9 Å². The van der Waals surface area contributed by atoms with Crippen molar-refractivity contribution in [2.45, 2.75) is 19.3 Å². The average molecular weight is 299 g/mol. The molecule has 0 saturated carbocycles. The predicted octanol–water partition coefficient (Wildman–Crippen LogP) is 3.46. The first-order chi connectivity index (χ1) is 10.7. The Hall–Kier alpha value is -2.43. The molecule has 1 N–H and O–H groups in total. The maximum Gasteiger partial charge on any atom is 0.259 e. The van der Waals surface area contributed by atoms with Gasteiger partial charge in [0.05, 0.1) is 17.4 Å². The molecule has 0 unspecified atom stereocenters. The van der Waals surface area contributed by atoms with Crippen molar-refractivity contribution in [3.8, 4) is 0 Å². The molecule has 0 radical (unpaired) electrons. The summed E-state index contributed by atoms with van der Waals surface area (Å²) < 4.78 is 13.6. The number of carbonyl (C=O) groups excluding carboxylic acids is 1. The van der Waals surface area contributed by atoms with E-state index in [1.54, 1.807) is 24.4 Å². The molecule has 114 valence electrons. The SMILES string of the molecule is O=C(Nc1ccc(N2CCCCC2)cn1)c1ccccc1F. The summed E-state index contributed by atoms with van der Waals surface area (Å²) in [5, 5.41) is 2.62. The zero-order valence-corrected chi connectivity index (χ0v) is 12.3. The van der Waals surface area contributed by atoms with Crippen molar-refractivity contribution in [2.75, 3.05) is 23.3 Å². The number of aromatic nitrogens is 1. The van der Waals surface area contributed by atoms with Gasteiger partial charge >= 0.3 is 0 Å². The van der Waals surface area contributed by atoms with Crippen LogP contribution in [0.3, 0.4) is 0 Å². The largest absolute Gasteiger partial charge is 0.370 e. The Morgan fingerprint density at radius 1 is 1.09 bits per heavy atom. The molecule has 1 amide bonds. The Balaban J connectivity index is 1.68. The first-order valence-corrected chi connectivity index (χ1v) is 7.51. The van der Waals surface area contributed by atoms with E-state index in [0.717, 1.165) is 18.8 Å². The van der Waals surface area contributed by atoms with Gasteiger partial charge in [-0.15, -0.1) is 0 Å². The fourth-order valence-corrected chi connectivity index (χ4v) is 2.63. The van der Waals surface area contributed by atoms with Crippen LogP contribution in [0.2, 0.25) is 0 Å².